The van der Waals surface area contributed by atoms with Crippen LogP contribution in [-0.4, -0.2) is 10.8 Å². The highest BCUT2D eigenvalue weighted by molar-refractivity contribution is 6.04. The number of hydrogen-bond acceptors (Lipinski definition) is 2. The molecule has 0 fully saturated rings. The summed E-state index contributed by atoms with van der Waals surface area (Å²) >= 11 is 0. The molecule has 0 aliphatic heterocycles. The number of allylic oxidation sites excluding steroid dienone is 2. The van der Waals surface area contributed by atoms with Crippen molar-refractivity contribution in [1.29, 1.82) is 0 Å². The fourth-order valence-electron chi connectivity index (χ4n) is 1.12. The maximum atomic E-state index is 11.5. The van der Waals surface area contributed by atoms with Gasteiger partial charge in [0.2, 0.25) is 0 Å². The minimum Gasteiger partial charge on any atom is -0.289 e. The SMILES string of the molecule is CCCC/C=C/C(=O)c1cccnc1. The molecule has 0 aliphatic rings. The predicted octanol–water partition coefficient (Wildman–Crippen LogP) is 3.01. The average Bonchev–Trinajstić information content (AvgIpc) is 2.25. The fraction of sp³-hybridized carbons (Fsp3) is 0.333. The van der Waals surface area contributed by atoms with E-state index < -0.39 is 0 Å². The Kier molecular flexibility index (Phi) is 4.62. The number of pyridine rings is 1. The molecule has 74 valence electrons. The van der Waals surface area contributed by atoms with E-state index in [1.807, 2.05) is 6.08 Å². The molecular weight excluding hydrogens is 174 g/mol. The van der Waals surface area contributed by atoms with E-state index in [1.165, 1.54) is 0 Å². The van der Waals surface area contributed by atoms with Crippen LogP contribution in [-0.2, 0) is 0 Å². The third-order valence-electron chi connectivity index (χ3n) is 1.94. The van der Waals surface area contributed by atoms with Gasteiger partial charge in [-0.05, 0) is 24.6 Å². The first kappa shape index (κ1) is 10.6. The Labute approximate surface area is 84.7 Å². The molecule has 0 aromatic carbocycles. The lowest BCUT2D eigenvalue weighted by Gasteiger charge is -1.93. The van der Waals surface area contributed by atoms with Crippen molar-refractivity contribution in [3.63, 3.8) is 0 Å². The van der Waals surface area contributed by atoms with E-state index in [4.69, 9.17) is 0 Å². The topological polar surface area (TPSA) is 30.0 Å². The normalized spacial score (nSPS) is 10.6. The van der Waals surface area contributed by atoms with Gasteiger partial charge in [-0.25, -0.2) is 0 Å². The second-order valence-electron chi connectivity index (χ2n) is 3.15. The van der Waals surface area contributed by atoms with Crippen molar-refractivity contribution < 1.29 is 4.79 Å². The van der Waals surface area contributed by atoms with Gasteiger partial charge in [0.1, 0.15) is 0 Å². The zero-order valence-electron chi connectivity index (χ0n) is 8.44. The van der Waals surface area contributed by atoms with Crippen molar-refractivity contribution in [2.24, 2.45) is 0 Å². The van der Waals surface area contributed by atoms with Gasteiger partial charge in [-0.3, -0.25) is 9.78 Å². The monoisotopic (exact) mass is 189 g/mol. The number of hydrogen-bond donors (Lipinski definition) is 0. The van der Waals surface area contributed by atoms with E-state index in [2.05, 4.69) is 11.9 Å². The molecule has 1 rings (SSSR count). The number of unbranched alkanes of at least 4 members (excludes halogenated alkanes) is 2. The van der Waals surface area contributed by atoms with Crippen molar-refractivity contribution in [3.05, 3.63) is 42.2 Å². The molecule has 0 saturated carbocycles. The molecule has 2 nitrogen and oxygen atoms in total. The minimum absolute atomic E-state index is 0.0363. The summed E-state index contributed by atoms with van der Waals surface area (Å²) in [5, 5.41) is 0. The molecule has 0 radical (unpaired) electrons. The Balaban J connectivity index is 2.47. The largest absolute Gasteiger partial charge is 0.289 e. The highest BCUT2D eigenvalue weighted by Crippen LogP contribution is 2.00. The van der Waals surface area contributed by atoms with Crippen LogP contribution in [0.5, 0.6) is 0 Å². The number of rotatable bonds is 5. The van der Waals surface area contributed by atoms with Crippen molar-refractivity contribution in [2.75, 3.05) is 0 Å². The van der Waals surface area contributed by atoms with E-state index in [9.17, 15) is 4.79 Å². The maximum absolute atomic E-state index is 11.5. The van der Waals surface area contributed by atoms with E-state index >= 15 is 0 Å². The van der Waals surface area contributed by atoms with Gasteiger partial charge in [-0.2, -0.15) is 0 Å². The Morgan fingerprint density at radius 3 is 3.07 bits per heavy atom. The first-order valence-electron chi connectivity index (χ1n) is 4.95. The van der Waals surface area contributed by atoms with Gasteiger partial charge >= 0.3 is 0 Å². The lowest BCUT2D eigenvalue weighted by Crippen LogP contribution is -1.93. The highest BCUT2D eigenvalue weighted by atomic mass is 16.1. The molecule has 0 aliphatic carbocycles. The van der Waals surface area contributed by atoms with Crippen molar-refractivity contribution in [2.45, 2.75) is 26.2 Å². The first-order chi connectivity index (χ1) is 6.84. The number of carbonyl (C=O) groups is 1. The number of nitrogens with zero attached hydrogens (tertiary/aromatic N) is 1. The lowest BCUT2D eigenvalue weighted by atomic mass is 10.1. The van der Waals surface area contributed by atoms with Gasteiger partial charge in [-0.15, -0.1) is 0 Å². The molecule has 0 N–H and O–H groups in total. The molecular formula is C12H15NO. The fourth-order valence-corrected chi connectivity index (χ4v) is 1.12. The molecule has 0 unspecified atom stereocenters. The van der Waals surface area contributed by atoms with Crippen LogP contribution in [0.15, 0.2) is 36.7 Å². The van der Waals surface area contributed by atoms with Gasteiger partial charge in [-0.1, -0.05) is 25.8 Å². The Morgan fingerprint density at radius 2 is 2.43 bits per heavy atom. The molecule has 1 heterocycles. The standard InChI is InChI=1S/C12H15NO/c1-2-3-4-5-8-12(14)11-7-6-9-13-10-11/h5-10H,2-4H2,1H3/b8-5+. The first-order valence-corrected chi connectivity index (χ1v) is 4.95. The van der Waals surface area contributed by atoms with Crippen LogP contribution in [0.3, 0.4) is 0 Å². The third kappa shape index (κ3) is 3.52. The molecule has 1 aromatic rings. The van der Waals surface area contributed by atoms with Crippen molar-refractivity contribution in [1.82, 2.24) is 4.98 Å². The summed E-state index contributed by atoms with van der Waals surface area (Å²) in [6.07, 6.45) is 10.1. The van der Waals surface area contributed by atoms with Gasteiger partial charge in [0.05, 0.1) is 0 Å². The predicted molar refractivity (Wildman–Crippen MR) is 57.2 cm³/mol. The molecule has 0 atom stereocenters. The number of carbonyl (C=O) groups excluding carboxylic acids is 1. The Hall–Kier alpha value is -1.44. The zero-order valence-corrected chi connectivity index (χ0v) is 8.44. The lowest BCUT2D eigenvalue weighted by molar-refractivity contribution is 0.104. The molecule has 0 saturated heterocycles. The van der Waals surface area contributed by atoms with E-state index in [-0.39, 0.29) is 5.78 Å². The second-order valence-corrected chi connectivity index (χ2v) is 3.15. The summed E-state index contributed by atoms with van der Waals surface area (Å²) in [6, 6.07) is 3.55. The number of ketones is 1. The van der Waals surface area contributed by atoms with Gasteiger partial charge in [0.15, 0.2) is 5.78 Å². The quantitative estimate of drug-likeness (QED) is 0.405. The molecule has 2 heteroatoms. The Bertz CT molecular complexity index is 303. The molecule has 0 spiro atoms. The van der Waals surface area contributed by atoms with Crippen LogP contribution in [0.4, 0.5) is 0 Å². The smallest absolute Gasteiger partial charge is 0.187 e. The van der Waals surface area contributed by atoms with E-state index in [0.717, 1.165) is 19.3 Å². The summed E-state index contributed by atoms with van der Waals surface area (Å²) in [6.45, 7) is 2.14. The summed E-state index contributed by atoms with van der Waals surface area (Å²) in [4.78, 5) is 15.4. The zero-order chi connectivity index (χ0) is 10.2. The molecule has 1 aromatic heterocycles. The maximum Gasteiger partial charge on any atom is 0.187 e. The number of aromatic nitrogens is 1. The van der Waals surface area contributed by atoms with Crippen LogP contribution in [0.25, 0.3) is 0 Å². The van der Waals surface area contributed by atoms with Crippen LogP contribution >= 0.6 is 0 Å². The summed E-state index contributed by atoms with van der Waals surface area (Å²) in [5.41, 5.74) is 0.653. The van der Waals surface area contributed by atoms with Gasteiger partial charge < -0.3 is 0 Å². The van der Waals surface area contributed by atoms with Gasteiger partial charge in [0, 0.05) is 18.0 Å². The molecule has 0 amide bonds. The van der Waals surface area contributed by atoms with E-state index in [0.29, 0.717) is 5.56 Å². The second kappa shape index (κ2) is 6.08. The van der Waals surface area contributed by atoms with Crippen LogP contribution in [0.2, 0.25) is 0 Å². The minimum atomic E-state index is 0.0363. The van der Waals surface area contributed by atoms with Crippen LogP contribution < -0.4 is 0 Å². The average molecular weight is 189 g/mol. The summed E-state index contributed by atoms with van der Waals surface area (Å²) in [5.74, 6) is 0.0363. The highest BCUT2D eigenvalue weighted by Gasteiger charge is 1.98. The van der Waals surface area contributed by atoms with Gasteiger partial charge in [0.25, 0.3) is 0 Å². The van der Waals surface area contributed by atoms with Crippen LogP contribution in [0, 0.1) is 0 Å². The Morgan fingerprint density at radius 1 is 1.57 bits per heavy atom. The summed E-state index contributed by atoms with van der Waals surface area (Å²) < 4.78 is 0. The summed E-state index contributed by atoms with van der Waals surface area (Å²) in [7, 11) is 0. The molecule has 14 heavy (non-hydrogen) atoms. The molecule has 0 bridgehead atoms. The van der Waals surface area contributed by atoms with E-state index in [1.54, 1.807) is 30.6 Å². The van der Waals surface area contributed by atoms with Crippen molar-refractivity contribution in [3.8, 4) is 0 Å². The van der Waals surface area contributed by atoms with Crippen LogP contribution in [0.1, 0.15) is 36.5 Å². The van der Waals surface area contributed by atoms with Crippen molar-refractivity contribution >= 4 is 5.78 Å². The third-order valence-corrected chi connectivity index (χ3v) is 1.94.